The zero-order valence-electron chi connectivity index (χ0n) is 14.7. The molecule has 1 aromatic heterocycles. The molecule has 0 bridgehead atoms. The second-order valence-corrected chi connectivity index (χ2v) is 5.62. The lowest BCUT2D eigenvalue weighted by atomic mass is 10.1. The first-order valence-corrected chi connectivity index (χ1v) is 8.42. The summed E-state index contributed by atoms with van der Waals surface area (Å²) in [5, 5.41) is 5.95. The summed E-state index contributed by atoms with van der Waals surface area (Å²) < 4.78 is 9.90. The molecule has 2 amide bonds. The van der Waals surface area contributed by atoms with E-state index in [9.17, 15) is 9.59 Å². The Morgan fingerprint density at radius 3 is 2.80 bits per heavy atom. The maximum Gasteiger partial charge on any atom is 0.409 e. The van der Waals surface area contributed by atoms with Crippen LogP contribution in [-0.4, -0.2) is 72.9 Å². The Labute approximate surface area is 147 Å². The minimum Gasteiger partial charge on any atom is -0.450 e. The van der Waals surface area contributed by atoms with Gasteiger partial charge in [-0.1, -0.05) is 0 Å². The van der Waals surface area contributed by atoms with Crippen molar-refractivity contribution in [1.82, 2.24) is 20.2 Å². The molecule has 0 spiro atoms. The number of nitrogens with one attached hydrogen (secondary N) is 2. The molecule has 25 heavy (non-hydrogen) atoms. The van der Waals surface area contributed by atoms with Crippen LogP contribution in [0, 0.1) is 0 Å². The average molecular weight is 351 g/mol. The Bertz CT molecular complexity index is 575. The van der Waals surface area contributed by atoms with Crippen LogP contribution < -0.4 is 10.6 Å². The van der Waals surface area contributed by atoms with Crippen molar-refractivity contribution in [3.05, 3.63) is 18.0 Å². The molecule has 0 saturated carbocycles. The quantitative estimate of drug-likeness (QED) is 0.703. The Morgan fingerprint density at radius 2 is 2.12 bits per heavy atom. The number of aromatic nitrogens is 2. The molecule has 2 rings (SSSR count). The summed E-state index contributed by atoms with van der Waals surface area (Å²) in [6.45, 7) is 4.28. The SMILES string of the molecule is CCOC(=O)N1CCC(Nc2nccc(C(=O)NCCOC)n2)CC1. The Balaban J connectivity index is 1.84. The molecule has 0 atom stereocenters. The fraction of sp³-hybridized carbons (Fsp3) is 0.625. The van der Waals surface area contributed by atoms with Crippen molar-refractivity contribution in [2.45, 2.75) is 25.8 Å². The third-order valence-electron chi connectivity index (χ3n) is 3.83. The Kier molecular flexibility index (Phi) is 7.39. The van der Waals surface area contributed by atoms with Gasteiger partial charge in [0.15, 0.2) is 0 Å². The summed E-state index contributed by atoms with van der Waals surface area (Å²) in [5.74, 6) is 0.147. The number of carbonyl (C=O) groups is 2. The maximum atomic E-state index is 12.0. The van der Waals surface area contributed by atoms with E-state index >= 15 is 0 Å². The second-order valence-electron chi connectivity index (χ2n) is 5.62. The molecule has 0 radical (unpaired) electrons. The van der Waals surface area contributed by atoms with Gasteiger partial charge in [-0.3, -0.25) is 4.79 Å². The molecule has 0 unspecified atom stereocenters. The van der Waals surface area contributed by atoms with E-state index < -0.39 is 0 Å². The second kappa shape index (κ2) is 9.77. The monoisotopic (exact) mass is 351 g/mol. The predicted molar refractivity (Wildman–Crippen MR) is 91.5 cm³/mol. The fourth-order valence-corrected chi connectivity index (χ4v) is 2.52. The van der Waals surface area contributed by atoms with Crippen LogP contribution in [0.15, 0.2) is 12.3 Å². The van der Waals surface area contributed by atoms with Crippen molar-refractivity contribution in [2.75, 3.05) is 45.3 Å². The number of carbonyl (C=O) groups excluding carboxylic acids is 2. The van der Waals surface area contributed by atoms with Crippen LogP contribution in [0.5, 0.6) is 0 Å². The standard InChI is InChI=1S/C16H25N5O4/c1-3-25-16(23)21-9-5-12(6-10-21)19-15-18-7-4-13(20-15)14(22)17-8-11-24-2/h4,7,12H,3,5-6,8-11H2,1-2H3,(H,17,22)(H,18,19,20). The summed E-state index contributed by atoms with van der Waals surface area (Å²) >= 11 is 0. The molecule has 1 aliphatic rings. The minimum absolute atomic E-state index is 0.150. The molecule has 2 N–H and O–H groups in total. The number of hydrogen-bond acceptors (Lipinski definition) is 7. The van der Waals surface area contributed by atoms with E-state index in [4.69, 9.17) is 9.47 Å². The number of hydrogen-bond donors (Lipinski definition) is 2. The number of methoxy groups -OCH3 is 1. The lowest BCUT2D eigenvalue weighted by molar-refractivity contribution is 0.0930. The van der Waals surface area contributed by atoms with E-state index in [0.29, 0.717) is 44.5 Å². The van der Waals surface area contributed by atoms with Gasteiger partial charge in [-0.05, 0) is 25.8 Å². The number of rotatable bonds is 7. The first kappa shape index (κ1) is 18.9. The topological polar surface area (TPSA) is 106 Å². The maximum absolute atomic E-state index is 12.0. The summed E-state index contributed by atoms with van der Waals surface area (Å²) in [4.78, 5) is 33.8. The van der Waals surface area contributed by atoms with Crippen LogP contribution in [0.2, 0.25) is 0 Å². The summed E-state index contributed by atoms with van der Waals surface area (Å²) in [5.41, 5.74) is 0.303. The number of anilines is 1. The summed E-state index contributed by atoms with van der Waals surface area (Å²) in [6, 6.07) is 1.72. The third kappa shape index (κ3) is 5.86. The van der Waals surface area contributed by atoms with Gasteiger partial charge in [0.1, 0.15) is 5.69 Å². The van der Waals surface area contributed by atoms with Gasteiger partial charge in [-0.2, -0.15) is 0 Å². The van der Waals surface area contributed by atoms with Crippen molar-refractivity contribution in [3.63, 3.8) is 0 Å². The van der Waals surface area contributed by atoms with E-state index in [1.165, 1.54) is 0 Å². The van der Waals surface area contributed by atoms with Crippen molar-refractivity contribution >= 4 is 17.9 Å². The highest BCUT2D eigenvalue weighted by Crippen LogP contribution is 2.15. The largest absolute Gasteiger partial charge is 0.450 e. The molecular weight excluding hydrogens is 326 g/mol. The van der Waals surface area contributed by atoms with Crippen molar-refractivity contribution in [1.29, 1.82) is 0 Å². The van der Waals surface area contributed by atoms with E-state index in [2.05, 4.69) is 20.6 Å². The van der Waals surface area contributed by atoms with Crippen LogP contribution >= 0.6 is 0 Å². The van der Waals surface area contributed by atoms with Crippen LogP contribution in [0.25, 0.3) is 0 Å². The van der Waals surface area contributed by atoms with Crippen molar-refractivity contribution in [2.24, 2.45) is 0 Å². The number of amides is 2. The summed E-state index contributed by atoms with van der Waals surface area (Å²) in [7, 11) is 1.58. The van der Waals surface area contributed by atoms with Crippen LogP contribution in [-0.2, 0) is 9.47 Å². The van der Waals surface area contributed by atoms with Gasteiger partial charge in [0.05, 0.1) is 13.2 Å². The lowest BCUT2D eigenvalue weighted by Crippen LogP contribution is -2.42. The third-order valence-corrected chi connectivity index (χ3v) is 3.83. The molecule has 0 aliphatic carbocycles. The smallest absolute Gasteiger partial charge is 0.409 e. The van der Waals surface area contributed by atoms with Gasteiger partial charge in [-0.15, -0.1) is 0 Å². The van der Waals surface area contributed by atoms with Crippen LogP contribution in [0.4, 0.5) is 10.7 Å². The van der Waals surface area contributed by atoms with E-state index in [0.717, 1.165) is 12.8 Å². The normalized spacial score (nSPS) is 14.9. The molecule has 2 heterocycles. The van der Waals surface area contributed by atoms with Crippen molar-refractivity contribution < 1.29 is 19.1 Å². The zero-order valence-corrected chi connectivity index (χ0v) is 14.7. The lowest BCUT2D eigenvalue weighted by Gasteiger charge is -2.31. The molecule has 1 aromatic rings. The van der Waals surface area contributed by atoms with Crippen LogP contribution in [0.1, 0.15) is 30.3 Å². The molecule has 0 aromatic carbocycles. The van der Waals surface area contributed by atoms with Crippen molar-refractivity contribution in [3.8, 4) is 0 Å². The molecule has 1 saturated heterocycles. The van der Waals surface area contributed by atoms with Gasteiger partial charge in [0.25, 0.3) is 5.91 Å². The minimum atomic E-state index is -0.271. The zero-order chi connectivity index (χ0) is 18.1. The van der Waals surface area contributed by atoms with Gasteiger partial charge in [-0.25, -0.2) is 14.8 Å². The van der Waals surface area contributed by atoms with Gasteiger partial charge in [0.2, 0.25) is 5.95 Å². The average Bonchev–Trinajstić information content (AvgIpc) is 2.63. The highest BCUT2D eigenvalue weighted by molar-refractivity contribution is 5.92. The van der Waals surface area contributed by atoms with E-state index in [1.807, 2.05) is 0 Å². The number of ether oxygens (including phenoxy) is 2. The molecule has 1 aliphatic heterocycles. The Hall–Kier alpha value is -2.42. The van der Waals surface area contributed by atoms with E-state index in [1.54, 1.807) is 31.2 Å². The molecule has 9 nitrogen and oxygen atoms in total. The molecular formula is C16H25N5O4. The summed E-state index contributed by atoms with van der Waals surface area (Å²) in [6.07, 6.45) is 2.82. The number of likely N-dealkylation sites (tertiary alicyclic amines) is 1. The molecule has 1 fully saturated rings. The van der Waals surface area contributed by atoms with Crippen LogP contribution in [0.3, 0.4) is 0 Å². The Morgan fingerprint density at radius 1 is 1.36 bits per heavy atom. The highest BCUT2D eigenvalue weighted by atomic mass is 16.6. The van der Waals surface area contributed by atoms with Gasteiger partial charge >= 0.3 is 6.09 Å². The first-order valence-electron chi connectivity index (χ1n) is 8.42. The molecule has 138 valence electrons. The molecule has 9 heteroatoms. The van der Waals surface area contributed by atoms with Gasteiger partial charge < -0.3 is 25.0 Å². The highest BCUT2D eigenvalue weighted by Gasteiger charge is 2.24. The predicted octanol–water partition coefficient (Wildman–Crippen LogP) is 0.886. The van der Waals surface area contributed by atoms with Gasteiger partial charge in [0, 0.05) is 39.0 Å². The first-order chi connectivity index (χ1) is 12.1. The number of piperidine rings is 1. The fourth-order valence-electron chi connectivity index (χ4n) is 2.52. The van der Waals surface area contributed by atoms with E-state index in [-0.39, 0.29) is 18.0 Å². The number of nitrogens with zero attached hydrogens (tertiary/aromatic N) is 3.